The van der Waals surface area contributed by atoms with E-state index in [2.05, 4.69) is 5.32 Å². The number of urea groups is 1. The van der Waals surface area contributed by atoms with Gasteiger partial charge in [-0.2, -0.15) is 0 Å². The van der Waals surface area contributed by atoms with Gasteiger partial charge in [-0.25, -0.2) is 9.69 Å². The molecule has 4 amide bonds. The molecule has 1 aliphatic rings. The Hall–Kier alpha value is -4.24. The van der Waals surface area contributed by atoms with Crippen molar-refractivity contribution in [3.05, 3.63) is 77.3 Å². The van der Waals surface area contributed by atoms with Gasteiger partial charge in [0.1, 0.15) is 23.3 Å². The molecule has 3 aromatic rings. The summed E-state index contributed by atoms with van der Waals surface area (Å²) in [7, 11) is 4.56. The molecule has 1 N–H and O–H groups in total. The molecule has 1 fully saturated rings. The SMILES string of the molecule is COc1cccc(CN2C(=O)N(c3ccc(Cl)cc3)C(=O)C2CC(=O)Nc2cc(OC)cc(OC)c2)c1. The average Bonchev–Trinajstić information content (AvgIpc) is 3.12. The van der Waals surface area contributed by atoms with Crippen LogP contribution in [0.25, 0.3) is 0 Å². The summed E-state index contributed by atoms with van der Waals surface area (Å²) in [6, 6.07) is 16.9. The summed E-state index contributed by atoms with van der Waals surface area (Å²) < 4.78 is 15.8. The normalized spacial score (nSPS) is 15.1. The molecule has 192 valence electrons. The van der Waals surface area contributed by atoms with Crippen LogP contribution in [0.2, 0.25) is 5.02 Å². The topological polar surface area (TPSA) is 97.4 Å². The number of rotatable bonds is 9. The first-order valence-corrected chi connectivity index (χ1v) is 11.8. The maximum Gasteiger partial charge on any atom is 0.332 e. The van der Waals surface area contributed by atoms with Crippen LogP contribution in [-0.2, 0) is 16.1 Å². The lowest BCUT2D eigenvalue weighted by Crippen LogP contribution is -2.37. The molecule has 1 unspecified atom stereocenters. The zero-order valence-electron chi connectivity index (χ0n) is 20.6. The number of ether oxygens (including phenoxy) is 3. The van der Waals surface area contributed by atoms with Crippen molar-refractivity contribution < 1.29 is 28.6 Å². The molecule has 1 saturated heterocycles. The number of benzene rings is 3. The standard InChI is InChI=1S/C27H26ClN3O6/c1-35-21-6-4-5-17(11-21)16-30-24(26(33)31(27(30)34)20-9-7-18(28)8-10-20)15-25(32)29-19-12-22(36-2)14-23(13-19)37-3/h4-14,24H,15-16H2,1-3H3,(H,29,32). The van der Waals surface area contributed by atoms with Crippen LogP contribution < -0.4 is 24.4 Å². The molecule has 9 nitrogen and oxygen atoms in total. The van der Waals surface area contributed by atoms with E-state index in [1.165, 1.54) is 19.1 Å². The average molecular weight is 524 g/mol. The third kappa shape index (κ3) is 5.78. The number of methoxy groups -OCH3 is 3. The van der Waals surface area contributed by atoms with Gasteiger partial charge in [0, 0.05) is 35.5 Å². The highest BCUT2D eigenvalue weighted by molar-refractivity contribution is 6.30. The lowest BCUT2D eigenvalue weighted by molar-refractivity contribution is -0.124. The maximum absolute atomic E-state index is 13.5. The highest BCUT2D eigenvalue weighted by Crippen LogP contribution is 2.31. The van der Waals surface area contributed by atoms with Crippen LogP contribution >= 0.6 is 11.6 Å². The van der Waals surface area contributed by atoms with Gasteiger partial charge in [-0.15, -0.1) is 0 Å². The number of hydrogen-bond acceptors (Lipinski definition) is 6. The van der Waals surface area contributed by atoms with Crippen LogP contribution in [0.3, 0.4) is 0 Å². The lowest BCUT2D eigenvalue weighted by Gasteiger charge is -2.22. The fraction of sp³-hybridized carbons (Fsp3) is 0.222. The Morgan fingerprint density at radius 3 is 2.16 bits per heavy atom. The fourth-order valence-corrected chi connectivity index (χ4v) is 4.20. The van der Waals surface area contributed by atoms with Crippen LogP contribution in [0.4, 0.5) is 16.2 Å². The zero-order valence-corrected chi connectivity index (χ0v) is 21.3. The second-order valence-corrected chi connectivity index (χ2v) is 8.72. The Morgan fingerprint density at radius 2 is 1.54 bits per heavy atom. The minimum atomic E-state index is -1.03. The van der Waals surface area contributed by atoms with E-state index in [-0.39, 0.29) is 13.0 Å². The zero-order chi connectivity index (χ0) is 26.5. The van der Waals surface area contributed by atoms with Crippen LogP contribution in [-0.4, -0.2) is 50.1 Å². The molecule has 3 aromatic carbocycles. The highest BCUT2D eigenvalue weighted by atomic mass is 35.5. The number of anilines is 2. The third-order valence-corrected chi connectivity index (χ3v) is 6.16. The summed E-state index contributed by atoms with van der Waals surface area (Å²) in [5, 5.41) is 3.25. The summed E-state index contributed by atoms with van der Waals surface area (Å²) in [6.45, 7) is 0.108. The predicted molar refractivity (Wildman–Crippen MR) is 139 cm³/mol. The van der Waals surface area contributed by atoms with E-state index in [1.54, 1.807) is 67.8 Å². The van der Waals surface area contributed by atoms with Gasteiger partial charge in [-0.1, -0.05) is 23.7 Å². The van der Waals surface area contributed by atoms with Gasteiger partial charge in [0.2, 0.25) is 5.91 Å². The van der Waals surface area contributed by atoms with Gasteiger partial charge in [-0.3, -0.25) is 9.59 Å². The number of carbonyl (C=O) groups is 3. The minimum Gasteiger partial charge on any atom is -0.497 e. The summed E-state index contributed by atoms with van der Waals surface area (Å²) in [6.07, 6.45) is -0.252. The number of hydrogen-bond donors (Lipinski definition) is 1. The molecule has 0 bridgehead atoms. The van der Waals surface area contributed by atoms with Gasteiger partial charge in [0.05, 0.1) is 33.4 Å². The summed E-state index contributed by atoms with van der Waals surface area (Å²) >= 11 is 5.99. The smallest absolute Gasteiger partial charge is 0.332 e. The molecule has 0 spiro atoms. The largest absolute Gasteiger partial charge is 0.497 e. The number of imide groups is 1. The Morgan fingerprint density at radius 1 is 0.892 bits per heavy atom. The number of nitrogens with one attached hydrogen (secondary N) is 1. The predicted octanol–water partition coefficient (Wildman–Crippen LogP) is 4.73. The molecule has 1 heterocycles. The molecule has 0 saturated carbocycles. The van der Waals surface area contributed by atoms with Crippen molar-refractivity contribution in [3.8, 4) is 17.2 Å². The van der Waals surface area contributed by atoms with Crippen LogP contribution in [0.1, 0.15) is 12.0 Å². The fourth-order valence-electron chi connectivity index (χ4n) is 4.08. The Kier molecular flexibility index (Phi) is 7.83. The molecule has 4 rings (SSSR count). The quantitative estimate of drug-likeness (QED) is 0.407. The first-order chi connectivity index (χ1) is 17.8. The van der Waals surface area contributed by atoms with Crippen LogP contribution in [0, 0.1) is 0 Å². The first-order valence-electron chi connectivity index (χ1n) is 11.4. The van der Waals surface area contributed by atoms with E-state index in [1.807, 2.05) is 6.07 Å². The highest BCUT2D eigenvalue weighted by Gasteiger charge is 2.46. The van der Waals surface area contributed by atoms with Crippen molar-refractivity contribution in [2.75, 3.05) is 31.5 Å². The molecule has 0 aliphatic carbocycles. The number of carbonyl (C=O) groups excluding carboxylic acids is 3. The Labute approximate surface area is 219 Å². The number of amides is 4. The van der Waals surface area contributed by atoms with E-state index >= 15 is 0 Å². The summed E-state index contributed by atoms with van der Waals surface area (Å²) in [5.74, 6) is 0.653. The molecule has 0 radical (unpaired) electrons. The van der Waals surface area contributed by atoms with Crippen molar-refractivity contribution in [1.29, 1.82) is 0 Å². The van der Waals surface area contributed by atoms with Gasteiger partial charge >= 0.3 is 6.03 Å². The van der Waals surface area contributed by atoms with Crippen molar-refractivity contribution in [2.24, 2.45) is 0 Å². The van der Waals surface area contributed by atoms with Crippen LogP contribution in [0.5, 0.6) is 17.2 Å². The van der Waals surface area contributed by atoms with Crippen molar-refractivity contribution in [2.45, 2.75) is 19.0 Å². The summed E-state index contributed by atoms with van der Waals surface area (Å²) in [4.78, 5) is 42.5. The van der Waals surface area contributed by atoms with E-state index in [0.717, 1.165) is 10.5 Å². The second-order valence-electron chi connectivity index (χ2n) is 8.28. The van der Waals surface area contributed by atoms with Crippen molar-refractivity contribution >= 4 is 40.8 Å². The van der Waals surface area contributed by atoms with E-state index < -0.39 is 23.9 Å². The van der Waals surface area contributed by atoms with Crippen molar-refractivity contribution in [1.82, 2.24) is 4.90 Å². The molecule has 37 heavy (non-hydrogen) atoms. The molecular weight excluding hydrogens is 498 g/mol. The van der Waals surface area contributed by atoms with Gasteiger partial charge < -0.3 is 24.4 Å². The Bertz CT molecular complexity index is 1290. The number of halogens is 1. The van der Waals surface area contributed by atoms with E-state index in [0.29, 0.717) is 33.6 Å². The second kappa shape index (κ2) is 11.2. The summed E-state index contributed by atoms with van der Waals surface area (Å²) in [5.41, 5.74) is 1.56. The van der Waals surface area contributed by atoms with Gasteiger partial charge in [-0.05, 0) is 42.0 Å². The van der Waals surface area contributed by atoms with Gasteiger partial charge in [0.15, 0.2) is 0 Å². The molecule has 0 aromatic heterocycles. The number of nitrogens with zero attached hydrogens (tertiary/aromatic N) is 2. The monoisotopic (exact) mass is 523 g/mol. The maximum atomic E-state index is 13.5. The van der Waals surface area contributed by atoms with Gasteiger partial charge in [0.25, 0.3) is 5.91 Å². The molecular formula is C27H26ClN3O6. The van der Waals surface area contributed by atoms with Crippen molar-refractivity contribution in [3.63, 3.8) is 0 Å². The Balaban J connectivity index is 1.61. The van der Waals surface area contributed by atoms with E-state index in [4.69, 9.17) is 25.8 Å². The molecule has 1 aliphatic heterocycles. The third-order valence-electron chi connectivity index (χ3n) is 5.90. The molecule has 10 heteroatoms. The van der Waals surface area contributed by atoms with Crippen LogP contribution in [0.15, 0.2) is 66.7 Å². The lowest BCUT2D eigenvalue weighted by atomic mass is 10.1. The minimum absolute atomic E-state index is 0.108. The molecule has 1 atom stereocenters. The van der Waals surface area contributed by atoms with E-state index in [9.17, 15) is 14.4 Å². The first kappa shape index (κ1) is 25.8.